The van der Waals surface area contributed by atoms with Crippen molar-refractivity contribution < 1.29 is 28.4 Å². The lowest BCUT2D eigenvalue weighted by atomic mass is 9.89. The van der Waals surface area contributed by atoms with E-state index in [-0.39, 0.29) is 52.7 Å². The third-order valence-corrected chi connectivity index (χ3v) is 9.89. The summed E-state index contributed by atoms with van der Waals surface area (Å²) in [5.74, 6) is 24.1. The predicted octanol–water partition coefficient (Wildman–Crippen LogP) is 8.57. The number of hydrogen-bond donors (Lipinski definition) is 0. The number of hydrogen-bond acceptors (Lipinski definition) is 6. The molecule has 0 N–H and O–H groups in total. The van der Waals surface area contributed by atoms with Crippen molar-refractivity contribution in [1.82, 2.24) is 9.13 Å². The van der Waals surface area contributed by atoms with Crippen LogP contribution < -0.4 is 28.4 Å². The lowest BCUT2D eigenvalue weighted by Gasteiger charge is -2.21. The molecular formula is C54H36N2O6. The van der Waals surface area contributed by atoms with Gasteiger partial charge in [0.15, 0.2) is 0 Å². The average Bonchev–Trinajstić information content (AvgIpc) is 3.78. The number of benzene rings is 5. The lowest BCUT2D eigenvalue weighted by molar-refractivity contribution is 0.361. The molecule has 0 aliphatic carbocycles. The van der Waals surface area contributed by atoms with Gasteiger partial charge in [-0.3, -0.25) is 0 Å². The van der Waals surface area contributed by atoms with Gasteiger partial charge in [-0.05, 0) is 72.8 Å². The highest BCUT2D eigenvalue weighted by Gasteiger charge is 2.31. The quantitative estimate of drug-likeness (QED) is 0.0913. The summed E-state index contributed by atoms with van der Waals surface area (Å²) in [5, 5.41) is 3.02. The molecule has 5 aromatic carbocycles. The van der Waals surface area contributed by atoms with E-state index in [4.69, 9.17) is 79.8 Å². The topological polar surface area (TPSA) is 65.2 Å². The molecule has 0 bridgehead atoms. The van der Waals surface area contributed by atoms with Crippen LogP contribution in [0.25, 0.3) is 65.9 Å². The third kappa shape index (κ3) is 7.66. The summed E-state index contributed by atoms with van der Waals surface area (Å²) in [7, 11) is 0. The summed E-state index contributed by atoms with van der Waals surface area (Å²) in [6.07, 6.45) is 46.6. The molecule has 7 rings (SSSR count). The van der Waals surface area contributed by atoms with Crippen LogP contribution in [0.1, 0.15) is 0 Å². The van der Waals surface area contributed by atoms with Gasteiger partial charge in [0.25, 0.3) is 0 Å². The van der Waals surface area contributed by atoms with Gasteiger partial charge < -0.3 is 37.6 Å². The molecule has 0 unspecified atom stereocenters. The van der Waals surface area contributed by atoms with Gasteiger partial charge in [-0.1, -0.05) is 47.4 Å². The number of nitrogens with zero attached hydrogens (tertiary/aromatic N) is 2. The molecule has 0 saturated heterocycles. The minimum absolute atomic E-state index is 0.0153. The van der Waals surface area contributed by atoms with Gasteiger partial charge in [0.2, 0.25) is 0 Å². The van der Waals surface area contributed by atoms with Crippen LogP contribution in [-0.4, -0.2) is 48.8 Å². The summed E-state index contributed by atoms with van der Waals surface area (Å²) >= 11 is 0. The molecule has 2 aromatic heterocycles. The van der Waals surface area contributed by atoms with Crippen LogP contribution in [0.3, 0.4) is 0 Å². The van der Waals surface area contributed by atoms with E-state index >= 15 is 0 Å². The Morgan fingerprint density at radius 3 is 1.03 bits per heavy atom. The van der Waals surface area contributed by atoms with Crippen LogP contribution in [0.5, 0.6) is 34.5 Å². The van der Waals surface area contributed by atoms with Crippen LogP contribution in [0, 0.1) is 98.8 Å². The molecular weight excluding hydrogens is 773 g/mol. The minimum atomic E-state index is -0.0333. The Balaban J connectivity index is 1.86. The number of aromatic nitrogens is 2. The van der Waals surface area contributed by atoms with E-state index < -0.39 is 0 Å². The van der Waals surface area contributed by atoms with Gasteiger partial charge in [0.1, 0.15) is 74.1 Å². The fraction of sp³-hybridized carbons (Fsp3) is 0.148. The molecule has 0 radical (unpaired) electrons. The second kappa shape index (κ2) is 18.7. The van der Waals surface area contributed by atoms with Crippen molar-refractivity contribution in [2.75, 3.05) is 39.6 Å². The molecule has 2 heterocycles. The third-order valence-electron chi connectivity index (χ3n) is 9.89. The summed E-state index contributed by atoms with van der Waals surface area (Å²) in [5.41, 5.74) is 5.62. The first-order valence-corrected chi connectivity index (χ1v) is 19.1. The monoisotopic (exact) mass is 808 g/mol. The highest BCUT2D eigenvalue weighted by Crippen LogP contribution is 2.54. The first kappa shape index (κ1) is 41.2. The van der Waals surface area contributed by atoms with Gasteiger partial charge >= 0.3 is 0 Å². The van der Waals surface area contributed by atoms with E-state index in [2.05, 4.69) is 56.5 Å². The van der Waals surface area contributed by atoms with Gasteiger partial charge in [-0.25, -0.2) is 0 Å². The Hall–Kier alpha value is -9.02. The molecule has 0 spiro atoms. The molecule has 7 aromatic rings. The van der Waals surface area contributed by atoms with Crippen LogP contribution in [-0.2, 0) is 13.1 Å². The Morgan fingerprint density at radius 2 is 0.694 bits per heavy atom. The largest absolute Gasteiger partial charge is 0.481 e. The number of fused-ring (bicyclic) bond motifs is 6. The fourth-order valence-corrected chi connectivity index (χ4v) is 7.72. The van der Waals surface area contributed by atoms with Crippen molar-refractivity contribution >= 4 is 43.6 Å². The van der Waals surface area contributed by atoms with E-state index in [0.717, 1.165) is 32.6 Å². The van der Waals surface area contributed by atoms with E-state index in [9.17, 15) is 0 Å². The summed E-state index contributed by atoms with van der Waals surface area (Å²) in [6.45, 7) is 0.321. The van der Waals surface area contributed by atoms with E-state index in [1.165, 1.54) is 0 Å². The Morgan fingerprint density at radius 1 is 0.371 bits per heavy atom. The van der Waals surface area contributed by atoms with Crippen molar-refractivity contribution in [1.29, 1.82) is 0 Å². The van der Waals surface area contributed by atoms with E-state index in [1.807, 2.05) is 48.5 Å². The number of ether oxygens (including phenoxy) is 6. The van der Waals surface area contributed by atoms with Crippen LogP contribution in [0.2, 0.25) is 0 Å². The first-order chi connectivity index (χ1) is 30.5. The Labute approximate surface area is 361 Å². The minimum Gasteiger partial charge on any atom is -0.481 e. The number of terminal acetylenes is 8. The smallest absolute Gasteiger partial charge is 0.148 e. The Bertz CT molecular complexity index is 3030. The molecule has 0 aliphatic heterocycles. The SMILES string of the molecule is C#CCOc1ccc(OCC#C)c(-c2c3c4cc(OCC#C)ccc4n(CC#C)c3c(-c3cc(OCC#C)ccc3OCC#C)c3c4cc(OCC#C)ccc4n(CC#C)c23)c1. The zero-order chi connectivity index (χ0) is 43.6. The molecule has 0 aliphatic rings. The fourth-order valence-electron chi connectivity index (χ4n) is 7.72. The second-order valence-corrected chi connectivity index (χ2v) is 13.4. The van der Waals surface area contributed by atoms with Crippen LogP contribution >= 0.6 is 0 Å². The highest BCUT2D eigenvalue weighted by molar-refractivity contribution is 6.33. The van der Waals surface area contributed by atoms with Crippen LogP contribution in [0.15, 0.2) is 72.8 Å². The van der Waals surface area contributed by atoms with Crippen molar-refractivity contribution in [2.24, 2.45) is 0 Å². The molecule has 0 saturated carbocycles. The standard InChI is InChI=1S/C54H36N2O6/c1-9-25-55-45-21-17-37(57-27-11-3)33-41(45)49-52(44-36-40(60-30-14-6)20-24-48(44)62-32-16-8)54-50(42-34-38(58-28-12-4)18-22-46(42)56(54)26-10-2)51(53(49)55)43-35-39(59-29-13-5)19-23-47(43)61-31-15-7/h1-8,17-24,33-36H,25-32H2. The zero-order valence-corrected chi connectivity index (χ0v) is 33.5. The summed E-state index contributed by atoms with van der Waals surface area (Å²) < 4.78 is 41.0. The maximum Gasteiger partial charge on any atom is 0.148 e. The zero-order valence-electron chi connectivity index (χ0n) is 33.5. The lowest BCUT2D eigenvalue weighted by Crippen LogP contribution is -2.04. The van der Waals surface area contributed by atoms with Crippen molar-refractivity contribution in [2.45, 2.75) is 13.1 Å². The van der Waals surface area contributed by atoms with E-state index in [0.29, 0.717) is 67.8 Å². The van der Waals surface area contributed by atoms with Gasteiger partial charge in [0, 0.05) is 43.8 Å². The van der Waals surface area contributed by atoms with E-state index in [1.54, 1.807) is 24.3 Å². The Kier molecular flexibility index (Phi) is 12.4. The maximum absolute atomic E-state index is 6.33. The molecule has 0 amide bonds. The number of rotatable bonds is 16. The first-order valence-electron chi connectivity index (χ1n) is 19.1. The predicted molar refractivity (Wildman–Crippen MR) is 247 cm³/mol. The average molecular weight is 809 g/mol. The van der Waals surface area contributed by atoms with Gasteiger partial charge in [0.05, 0.1) is 35.2 Å². The molecule has 8 nitrogen and oxygen atoms in total. The maximum atomic E-state index is 6.33. The molecule has 62 heavy (non-hydrogen) atoms. The van der Waals surface area contributed by atoms with Crippen LogP contribution in [0.4, 0.5) is 0 Å². The van der Waals surface area contributed by atoms with Gasteiger partial charge in [-0.15, -0.1) is 51.4 Å². The molecule has 0 fully saturated rings. The van der Waals surface area contributed by atoms with Crippen molar-refractivity contribution in [3.8, 4) is 156 Å². The molecule has 298 valence electrons. The second-order valence-electron chi connectivity index (χ2n) is 13.4. The molecule has 0 atom stereocenters. The van der Waals surface area contributed by atoms with Crippen molar-refractivity contribution in [3.05, 3.63) is 72.8 Å². The van der Waals surface area contributed by atoms with Crippen molar-refractivity contribution in [3.63, 3.8) is 0 Å². The van der Waals surface area contributed by atoms with Gasteiger partial charge in [-0.2, -0.15) is 0 Å². The highest BCUT2D eigenvalue weighted by atomic mass is 16.5. The molecule has 8 heteroatoms. The summed E-state index contributed by atoms with van der Waals surface area (Å²) in [6, 6.07) is 22.3. The normalized spacial score (nSPS) is 10.3. The summed E-state index contributed by atoms with van der Waals surface area (Å²) in [4.78, 5) is 0.